The molecule has 0 unspecified atom stereocenters. The number of aromatic nitrogens is 2. The average Bonchev–Trinajstić information content (AvgIpc) is 2.81. The van der Waals surface area contributed by atoms with Gasteiger partial charge in [0.1, 0.15) is 11.4 Å². The van der Waals surface area contributed by atoms with Gasteiger partial charge in [-0.1, -0.05) is 23.2 Å². The number of halogens is 2. The lowest BCUT2D eigenvalue weighted by atomic mass is 10.1. The molecule has 0 spiro atoms. The van der Waals surface area contributed by atoms with Crippen LogP contribution in [-0.2, 0) is 0 Å². The second-order valence-corrected chi connectivity index (χ2v) is 4.96. The van der Waals surface area contributed by atoms with Gasteiger partial charge < -0.3 is 9.14 Å². The number of fused-ring (bicyclic) bond motifs is 1. The van der Waals surface area contributed by atoms with Gasteiger partial charge in [-0.2, -0.15) is 0 Å². The van der Waals surface area contributed by atoms with Gasteiger partial charge in [0, 0.05) is 23.0 Å². The SMILES string of the molecule is COc1ccc(Cl)cc1-c1cn2cc(Cl)ccc2n1. The summed E-state index contributed by atoms with van der Waals surface area (Å²) >= 11 is 12.0. The predicted octanol–water partition coefficient (Wildman–Crippen LogP) is 4.32. The Hall–Kier alpha value is -1.71. The summed E-state index contributed by atoms with van der Waals surface area (Å²) in [5.74, 6) is 0.735. The molecule has 1 aromatic carbocycles. The Morgan fingerprint density at radius 2 is 1.84 bits per heavy atom. The van der Waals surface area contributed by atoms with E-state index < -0.39 is 0 Å². The number of hydrogen-bond donors (Lipinski definition) is 0. The second-order valence-electron chi connectivity index (χ2n) is 4.08. The van der Waals surface area contributed by atoms with Crippen LogP contribution in [0.5, 0.6) is 5.75 Å². The third kappa shape index (κ3) is 2.27. The highest BCUT2D eigenvalue weighted by molar-refractivity contribution is 6.31. The van der Waals surface area contributed by atoms with Crippen molar-refractivity contribution >= 4 is 28.8 Å². The fourth-order valence-corrected chi connectivity index (χ4v) is 2.32. The van der Waals surface area contributed by atoms with Crippen LogP contribution in [0.3, 0.4) is 0 Å². The van der Waals surface area contributed by atoms with E-state index in [4.69, 9.17) is 27.9 Å². The highest BCUT2D eigenvalue weighted by Gasteiger charge is 2.10. The average molecular weight is 293 g/mol. The summed E-state index contributed by atoms with van der Waals surface area (Å²) in [6, 6.07) is 9.13. The molecule has 3 nitrogen and oxygen atoms in total. The summed E-state index contributed by atoms with van der Waals surface area (Å²) in [6.07, 6.45) is 3.71. The fraction of sp³-hybridized carbons (Fsp3) is 0.0714. The van der Waals surface area contributed by atoms with E-state index in [1.807, 2.05) is 41.1 Å². The first-order chi connectivity index (χ1) is 9.17. The first-order valence-corrected chi connectivity index (χ1v) is 6.41. The van der Waals surface area contributed by atoms with Gasteiger partial charge in [-0.3, -0.25) is 0 Å². The number of rotatable bonds is 2. The van der Waals surface area contributed by atoms with E-state index in [-0.39, 0.29) is 0 Å². The molecule has 0 aliphatic rings. The molecule has 0 saturated carbocycles. The minimum atomic E-state index is 0.644. The van der Waals surface area contributed by atoms with E-state index >= 15 is 0 Å². The zero-order valence-corrected chi connectivity index (χ0v) is 11.6. The van der Waals surface area contributed by atoms with Crippen molar-refractivity contribution in [1.29, 1.82) is 0 Å². The molecule has 3 aromatic rings. The Bertz CT molecular complexity index is 752. The standard InChI is InChI=1S/C14H10Cl2N2O/c1-19-13-4-2-9(15)6-11(13)12-8-18-7-10(16)3-5-14(18)17-12/h2-8H,1H3. The lowest BCUT2D eigenvalue weighted by Gasteiger charge is -2.05. The maximum absolute atomic E-state index is 6.04. The molecule has 0 amide bonds. The molecule has 5 heteroatoms. The largest absolute Gasteiger partial charge is 0.496 e. The first kappa shape index (κ1) is 12.3. The molecular formula is C14H10Cl2N2O. The van der Waals surface area contributed by atoms with Gasteiger partial charge in [-0.05, 0) is 30.3 Å². The molecule has 0 bridgehead atoms. The number of methoxy groups -OCH3 is 1. The van der Waals surface area contributed by atoms with Crippen molar-refractivity contribution in [2.75, 3.05) is 7.11 Å². The van der Waals surface area contributed by atoms with Gasteiger partial charge in [0.2, 0.25) is 0 Å². The van der Waals surface area contributed by atoms with Crippen molar-refractivity contribution in [2.45, 2.75) is 0 Å². The van der Waals surface area contributed by atoms with E-state index in [9.17, 15) is 0 Å². The van der Waals surface area contributed by atoms with Crippen LogP contribution >= 0.6 is 23.2 Å². The summed E-state index contributed by atoms with van der Waals surface area (Å²) in [5.41, 5.74) is 2.47. The van der Waals surface area contributed by atoms with Gasteiger partial charge in [-0.15, -0.1) is 0 Å². The number of pyridine rings is 1. The fourth-order valence-electron chi connectivity index (χ4n) is 1.97. The summed E-state index contributed by atoms with van der Waals surface area (Å²) in [7, 11) is 1.62. The normalized spacial score (nSPS) is 10.9. The second kappa shape index (κ2) is 4.76. The first-order valence-electron chi connectivity index (χ1n) is 5.65. The number of benzene rings is 1. The maximum Gasteiger partial charge on any atom is 0.137 e. The number of imidazole rings is 1. The molecule has 0 saturated heterocycles. The molecule has 0 radical (unpaired) electrons. The zero-order valence-electron chi connectivity index (χ0n) is 10.1. The van der Waals surface area contributed by atoms with E-state index in [2.05, 4.69) is 4.98 Å². The topological polar surface area (TPSA) is 26.5 Å². The van der Waals surface area contributed by atoms with Gasteiger partial charge in [0.25, 0.3) is 0 Å². The Balaban J connectivity index is 2.21. The third-order valence-corrected chi connectivity index (χ3v) is 3.31. The van der Waals surface area contributed by atoms with Gasteiger partial charge in [0.05, 0.1) is 17.8 Å². The Kier molecular flexibility index (Phi) is 3.09. The van der Waals surface area contributed by atoms with E-state index in [1.165, 1.54) is 0 Å². The smallest absolute Gasteiger partial charge is 0.137 e. The van der Waals surface area contributed by atoms with E-state index in [1.54, 1.807) is 13.2 Å². The molecule has 19 heavy (non-hydrogen) atoms. The van der Waals surface area contributed by atoms with Crippen LogP contribution in [0.1, 0.15) is 0 Å². The Labute approximate surface area is 120 Å². The minimum Gasteiger partial charge on any atom is -0.496 e. The predicted molar refractivity (Wildman–Crippen MR) is 77.2 cm³/mol. The van der Waals surface area contributed by atoms with Crippen molar-refractivity contribution in [2.24, 2.45) is 0 Å². The Morgan fingerprint density at radius 1 is 1.05 bits per heavy atom. The highest BCUT2D eigenvalue weighted by Crippen LogP contribution is 2.32. The van der Waals surface area contributed by atoms with Crippen molar-refractivity contribution in [3.63, 3.8) is 0 Å². The zero-order chi connectivity index (χ0) is 13.4. The van der Waals surface area contributed by atoms with Crippen LogP contribution in [0, 0.1) is 0 Å². The molecule has 0 aliphatic carbocycles. The molecule has 0 aliphatic heterocycles. The molecular weight excluding hydrogens is 283 g/mol. The summed E-state index contributed by atoms with van der Waals surface area (Å²) in [4.78, 5) is 4.54. The third-order valence-electron chi connectivity index (χ3n) is 2.85. The highest BCUT2D eigenvalue weighted by atomic mass is 35.5. The summed E-state index contributed by atoms with van der Waals surface area (Å²) in [6.45, 7) is 0. The quantitative estimate of drug-likeness (QED) is 0.703. The van der Waals surface area contributed by atoms with Crippen LogP contribution in [0.4, 0.5) is 0 Å². The summed E-state index contributed by atoms with van der Waals surface area (Å²) in [5, 5.41) is 1.31. The van der Waals surface area contributed by atoms with Crippen LogP contribution in [-0.4, -0.2) is 16.5 Å². The lowest BCUT2D eigenvalue weighted by molar-refractivity contribution is 0.416. The van der Waals surface area contributed by atoms with E-state index in [0.717, 1.165) is 22.7 Å². The van der Waals surface area contributed by atoms with Crippen molar-refractivity contribution < 1.29 is 4.74 Å². The van der Waals surface area contributed by atoms with Crippen molar-refractivity contribution in [3.8, 4) is 17.0 Å². The maximum atomic E-state index is 6.04. The number of hydrogen-bond acceptors (Lipinski definition) is 2. The Morgan fingerprint density at radius 3 is 2.63 bits per heavy atom. The molecule has 0 fully saturated rings. The molecule has 2 heterocycles. The van der Waals surface area contributed by atoms with Crippen molar-refractivity contribution in [3.05, 3.63) is 52.8 Å². The number of nitrogens with zero attached hydrogens (tertiary/aromatic N) is 2. The van der Waals surface area contributed by atoms with Gasteiger partial charge >= 0.3 is 0 Å². The van der Waals surface area contributed by atoms with Crippen LogP contribution < -0.4 is 4.74 Å². The minimum absolute atomic E-state index is 0.644. The molecule has 0 N–H and O–H groups in total. The lowest BCUT2D eigenvalue weighted by Crippen LogP contribution is -1.87. The van der Waals surface area contributed by atoms with Crippen LogP contribution in [0.15, 0.2) is 42.7 Å². The van der Waals surface area contributed by atoms with Crippen molar-refractivity contribution in [1.82, 2.24) is 9.38 Å². The monoisotopic (exact) mass is 292 g/mol. The van der Waals surface area contributed by atoms with Gasteiger partial charge in [0.15, 0.2) is 0 Å². The summed E-state index contributed by atoms with van der Waals surface area (Å²) < 4.78 is 7.21. The molecule has 0 atom stereocenters. The van der Waals surface area contributed by atoms with E-state index in [0.29, 0.717) is 10.0 Å². The molecule has 3 rings (SSSR count). The molecule has 96 valence electrons. The van der Waals surface area contributed by atoms with Crippen LogP contribution in [0.25, 0.3) is 16.9 Å². The molecule has 2 aromatic heterocycles. The van der Waals surface area contributed by atoms with Crippen LogP contribution in [0.2, 0.25) is 10.0 Å². The van der Waals surface area contributed by atoms with Gasteiger partial charge in [-0.25, -0.2) is 4.98 Å². The number of ether oxygens (including phenoxy) is 1.